The number of allylic oxidation sites excluding steroid dienone is 5. The lowest BCUT2D eigenvalue weighted by Crippen LogP contribution is -2.22. The molecule has 2 aromatic carbocycles. The van der Waals surface area contributed by atoms with Gasteiger partial charge in [-0.3, -0.25) is 5.10 Å². The van der Waals surface area contributed by atoms with Gasteiger partial charge < -0.3 is 10.3 Å². The number of fused-ring (bicyclic) bond motifs is 2. The number of nitrogens with zero attached hydrogens (tertiary/aromatic N) is 2. The minimum Gasteiger partial charge on any atom is -0.359 e. The number of pyridine rings is 1. The van der Waals surface area contributed by atoms with E-state index in [1.165, 1.54) is 12.1 Å². The van der Waals surface area contributed by atoms with Crippen LogP contribution in [0.1, 0.15) is 33.4 Å². The van der Waals surface area contributed by atoms with Gasteiger partial charge in [0.2, 0.25) is 0 Å². The Kier molecular flexibility index (Phi) is 6.79. The average molecular weight is 518 g/mol. The van der Waals surface area contributed by atoms with E-state index in [0.29, 0.717) is 0 Å². The smallest absolute Gasteiger partial charge is 0.135 e. The van der Waals surface area contributed by atoms with Crippen LogP contribution in [0.3, 0.4) is 0 Å². The molecule has 3 N–H and O–H groups in total. The lowest BCUT2D eigenvalue weighted by atomic mass is 9.92. The second-order valence-corrected chi connectivity index (χ2v) is 10.5. The van der Waals surface area contributed by atoms with Crippen LogP contribution in [0.4, 0.5) is 4.39 Å². The van der Waals surface area contributed by atoms with Crippen LogP contribution in [0.25, 0.3) is 50.0 Å². The van der Waals surface area contributed by atoms with Crippen molar-refractivity contribution in [3.63, 3.8) is 0 Å². The molecule has 5 nitrogen and oxygen atoms in total. The molecule has 6 heteroatoms. The molecule has 39 heavy (non-hydrogen) atoms. The van der Waals surface area contributed by atoms with Crippen LogP contribution in [-0.2, 0) is 0 Å². The minimum atomic E-state index is -0.254. The van der Waals surface area contributed by atoms with Crippen molar-refractivity contribution in [3.05, 3.63) is 115 Å². The third-order valence-electron chi connectivity index (χ3n) is 6.82. The normalized spacial score (nSPS) is 12.7. The molecule has 5 rings (SSSR count). The highest BCUT2D eigenvalue weighted by Gasteiger charge is 2.17. The number of rotatable bonds is 7. The topological polar surface area (TPSA) is 69.4 Å². The lowest BCUT2D eigenvalue weighted by Gasteiger charge is -2.23. The summed E-state index contributed by atoms with van der Waals surface area (Å²) >= 11 is 0. The largest absolute Gasteiger partial charge is 0.359 e. The van der Waals surface area contributed by atoms with Crippen LogP contribution < -0.4 is 5.32 Å². The monoisotopic (exact) mass is 517 g/mol. The van der Waals surface area contributed by atoms with Crippen molar-refractivity contribution in [3.8, 4) is 22.5 Å². The quantitative estimate of drug-likeness (QED) is 0.190. The Morgan fingerprint density at radius 1 is 1.03 bits per heavy atom. The fraction of sp³-hybridized carbons (Fsp3) is 0.152. The van der Waals surface area contributed by atoms with Crippen molar-refractivity contribution in [2.24, 2.45) is 5.41 Å². The molecular formula is C33H32FN5. The summed E-state index contributed by atoms with van der Waals surface area (Å²) in [6.45, 7) is 16.5. The first-order valence-electron chi connectivity index (χ1n) is 12.9. The number of hydrogen-bond donors (Lipinski definition) is 3. The lowest BCUT2D eigenvalue weighted by molar-refractivity contribution is 0.478. The van der Waals surface area contributed by atoms with Crippen LogP contribution >= 0.6 is 0 Å². The highest BCUT2D eigenvalue weighted by molar-refractivity contribution is 6.00. The van der Waals surface area contributed by atoms with Gasteiger partial charge in [-0.1, -0.05) is 64.3 Å². The molecule has 0 bridgehead atoms. The second-order valence-electron chi connectivity index (χ2n) is 10.5. The summed E-state index contributed by atoms with van der Waals surface area (Å²) in [6.07, 6.45) is 5.83. The summed E-state index contributed by atoms with van der Waals surface area (Å²) in [5, 5.41) is 12.1. The zero-order chi connectivity index (χ0) is 27.7. The summed E-state index contributed by atoms with van der Waals surface area (Å²) in [5.41, 5.74) is 9.56. The van der Waals surface area contributed by atoms with E-state index in [-0.39, 0.29) is 11.2 Å². The predicted molar refractivity (Wildman–Crippen MR) is 160 cm³/mol. The standard InChI is InChI=1S/C33H32FN5/c1-7-21(18-24(8-2)35-20(3)33(4,5)6)27-16-17-29-31(37-27)32(39-38-29)30-19-26-25(10-9-11-28(26)36-30)22-12-14-23(34)15-13-22/h7-19,35-36H,2-3H2,1,4-6H3,(H,38,39)/b21-7+,24-18+. The van der Waals surface area contributed by atoms with Gasteiger partial charge in [0.25, 0.3) is 0 Å². The van der Waals surface area contributed by atoms with Gasteiger partial charge in [0.15, 0.2) is 0 Å². The summed E-state index contributed by atoms with van der Waals surface area (Å²) in [6, 6.07) is 18.7. The fourth-order valence-electron chi connectivity index (χ4n) is 4.39. The summed E-state index contributed by atoms with van der Waals surface area (Å²) < 4.78 is 13.5. The van der Waals surface area contributed by atoms with Gasteiger partial charge in [-0.25, -0.2) is 9.37 Å². The molecule has 5 aromatic rings. The zero-order valence-electron chi connectivity index (χ0n) is 22.7. The van der Waals surface area contributed by atoms with Crippen LogP contribution in [0.15, 0.2) is 103 Å². The van der Waals surface area contributed by atoms with E-state index in [0.717, 1.165) is 67.1 Å². The Hall–Kier alpha value is -4.71. The van der Waals surface area contributed by atoms with Crippen molar-refractivity contribution in [2.75, 3.05) is 0 Å². The molecule has 0 unspecified atom stereocenters. The first kappa shape index (κ1) is 25.9. The Bertz CT molecular complexity index is 1760. The molecule has 0 aliphatic heterocycles. The summed E-state index contributed by atoms with van der Waals surface area (Å²) in [4.78, 5) is 8.50. The van der Waals surface area contributed by atoms with E-state index >= 15 is 0 Å². The number of aromatic nitrogens is 4. The first-order valence-corrected chi connectivity index (χ1v) is 12.9. The fourth-order valence-corrected chi connectivity index (χ4v) is 4.39. The molecule has 0 atom stereocenters. The molecule has 0 aliphatic rings. The maximum Gasteiger partial charge on any atom is 0.135 e. The molecule has 3 heterocycles. The van der Waals surface area contributed by atoms with E-state index in [1.807, 2.05) is 49.4 Å². The van der Waals surface area contributed by atoms with Crippen LogP contribution in [0.5, 0.6) is 0 Å². The van der Waals surface area contributed by atoms with Gasteiger partial charge in [-0.15, -0.1) is 0 Å². The summed E-state index contributed by atoms with van der Waals surface area (Å²) in [5.74, 6) is -0.254. The highest BCUT2D eigenvalue weighted by atomic mass is 19.1. The molecule has 196 valence electrons. The van der Waals surface area contributed by atoms with Crippen molar-refractivity contribution in [1.29, 1.82) is 0 Å². The van der Waals surface area contributed by atoms with Crippen molar-refractivity contribution in [2.45, 2.75) is 27.7 Å². The molecule has 0 spiro atoms. The van der Waals surface area contributed by atoms with E-state index in [2.05, 4.69) is 60.5 Å². The third-order valence-corrected chi connectivity index (χ3v) is 6.82. The van der Waals surface area contributed by atoms with Crippen LogP contribution in [-0.4, -0.2) is 20.2 Å². The zero-order valence-corrected chi connectivity index (χ0v) is 22.7. The molecule has 0 saturated carbocycles. The van der Waals surface area contributed by atoms with Gasteiger partial charge in [0.05, 0.1) is 16.9 Å². The van der Waals surface area contributed by atoms with Gasteiger partial charge in [0.1, 0.15) is 17.0 Å². The molecular weight excluding hydrogens is 485 g/mol. The van der Waals surface area contributed by atoms with Crippen molar-refractivity contribution >= 4 is 27.5 Å². The van der Waals surface area contributed by atoms with Gasteiger partial charge in [0, 0.05) is 27.7 Å². The number of aromatic amines is 2. The van der Waals surface area contributed by atoms with E-state index < -0.39 is 0 Å². The molecule has 0 radical (unpaired) electrons. The number of benzene rings is 2. The SMILES string of the molecule is C=C/C(=C\C(=C/C)c1ccc2[nH]nc(-c3cc4c(-c5ccc(F)cc5)cccc4[nH]3)c2n1)NC(=C)C(C)(C)C. The minimum absolute atomic E-state index is 0.0861. The molecule has 0 fully saturated rings. The molecule has 0 amide bonds. The molecule has 0 saturated heterocycles. The average Bonchev–Trinajstić information content (AvgIpc) is 3.54. The Balaban J connectivity index is 1.54. The Morgan fingerprint density at radius 2 is 1.79 bits per heavy atom. The Morgan fingerprint density at radius 3 is 2.49 bits per heavy atom. The number of H-pyrrole nitrogens is 2. The number of halogens is 1. The predicted octanol–water partition coefficient (Wildman–Crippen LogP) is 8.53. The van der Waals surface area contributed by atoms with Gasteiger partial charge >= 0.3 is 0 Å². The van der Waals surface area contributed by atoms with Crippen LogP contribution in [0, 0.1) is 11.2 Å². The second kappa shape index (κ2) is 10.2. The number of nitrogens with one attached hydrogen (secondary N) is 3. The molecule has 3 aromatic heterocycles. The van der Waals surface area contributed by atoms with E-state index in [4.69, 9.17) is 4.98 Å². The first-order chi connectivity index (χ1) is 18.7. The maximum absolute atomic E-state index is 13.5. The van der Waals surface area contributed by atoms with E-state index in [1.54, 1.807) is 18.2 Å². The maximum atomic E-state index is 13.5. The molecule has 0 aliphatic carbocycles. The third kappa shape index (κ3) is 5.18. The van der Waals surface area contributed by atoms with Gasteiger partial charge in [-0.05, 0) is 72.2 Å². The summed E-state index contributed by atoms with van der Waals surface area (Å²) in [7, 11) is 0. The highest BCUT2D eigenvalue weighted by Crippen LogP contribution is 2.34. The van der Waals surface area contributed by atoms with Crippen molar-refractivity contribution < 1.29 is 4.39 Å². The van der Waals surface area contributed by atoms with Crippen molar-refractivity contribution in [1.82, 2.24) is 25.5 Å². The Labute approximate surface area is 227 Å². The van der Waals surface area contributed by atoms with Crippen LogP contribution in [0.2, 0.25) is 0 Å². The number of hydrogen-bond acceptors (Lipinski definition) is 3. The van der Waals surface area contributed by atoms with Gasteiger partial charge in [-0.2, -0.15) is 5.10 Å². The van der Waals surface area contributed by atoms with E-state index in [9.17, 15) is 4.39 Å².